The van der Waals surface area contributed by atoms with Crippen LogP contribution in [0.15, 0.2) is 12.1 Å². The lowest BCUT2D eigenvalue weighted by atomic mass is 9.83. The summed E-state index contributed by atoms with van der Waals surface area (Å²) in [6.07, 6.45) is 0.521. The zero-order valence-corrected chi connectivity index (χ0v) is 17.8. The Balaban J connectivity index is 2.12. The second-order valence-corrected chi connectivity index (χ2v) is 8.55. The van der Waals surface area contributed by atoms with Crippen LogP contribution >= 0.6 is 0 Å². The van der Waals surface area contributed by atoms with E-state index in [1.54, 1.807) is 7.11 Å². The van der Waals surface area contributed by atoms with Crippen LogP contribution in [0.4, 0.5) is 0 Å². The van der Waals surface area contributed by atoms with Gasteiger partial charge >= 0.3 is 0 Å². The normalized spacial score (nSPS) is 19.5. The number of hydrogen-bond donors (Lipinski definition) is 0. The molecule has 0 aromatic heterocycles. The Morgan fingerprint density at radius 1 is 1.18 bits per heavy atom. The van der Waals surface area contributed by atoms with Gasteiger partial charge in [0, 0.05) is 37.7 Å². The third kappa shape index (κ3) is 5.17. The number of Topliss-reactive ketones (excluding diaryl/α,β-unsaturated/α-hetero) is 3. The standard InChI is InChI=1S/C24H30O4/c1-15-10-16(2)21(17(3)11-15)22-20(26)13-18(23(22)27)12-19(25)14-24(4,5)8-7-9-28-6/h10-11,18,22H,9,12-14H2,1-6H3. The highest BCUT2D eigenvalue weighted by molar-refractivity contribution is 6.15. The van der Waals surface area contributed by atoms with E-state index < -0.39 is 17.3 Å². The van der Waals surface area contributed by atoms with Crippen LogP contribution in [-0.2, 0) is 19.1 Å². The molecule has 0 amide bonds. The van der Waals surface area contributed by atoms with Crippen molar-refractivity contribution in [3.8, 4) is 11.8 Å². The molecule has 4 nitrogen and oxygen atoms in total. The molecule has 2 unspecified atom stereocenters. The molecule has 0 spiro atoms. The van der Waals surface area contributed by atoms with Crippen molar-refractivity contribution in [1.82, 2.24) is 0 Å². The van der Waals surface area contributed by atoms with Gasteiger partial charge < -0.3 is 4.74 Å². The molecule has 0 N–H and O–H groups in total. The van der Waals surface area contributed by atoms with Crippen LogP contribution in [0.1, 0.15) is 61.3 Å². The second-order valence-electron chi connectivity index (χ2n) is 8.55. The fraction of sp³-hybridized carbons (Fsp3) is 0.542. The van der Waals surface area contributed by atoms with Crippen LogP contribution < -0.4 is 0 Å². The van der Waals surface area contributed by atoms with Gasteiger partial charge in [0.1, 0.15) is 24.1 Å². The molecule has 1 aliphatic carbocycles. The van der Waals surface area contributed by atoms with E-state index in [4.69, 9.17) is 4.74 Å². The third-order valence-electron chi connectivity index (χ3n) is 5.24. The smallest absolute Gasteiger partial charge is 0.151 e. The van der Waals surface area contributed by atoms with Crippen molar-refractivity contribution in [3.63, 3.8) is 0 Å². The molecule has 1 aromatic rings. The Kier molecular flexibility index (Phi) is 6.96. The molecule has 2 atom stereocenters. The number of rotatable bonds is 6. The highest BCUT2D eigenvalue weighted by Gasteiger charge is 2.44. The van der Waals surface area contributed by atoms with Crippen molar-refractivity contribution in [2.45, 2.75) is 59.8 Å². The minimum atomic E-state index is -0.729. The van der Waals surface area contributed by atoms with Gasteiger partial charge in [-0.15, -0.1) is 0 Å². The lowest BCUT2D eigenvalue weighted by Gasteiger charge is -2.18. The fourth-order valence-corrected chi connectivity index (χ4v) is 4.21. The summed E-state index contributed by atoms with van der Waals surface area (Å²) in [4.78, 5) is 38.2. The summed E-state index contributed by atoms with van der Waals surface area (Å²) in [5.74, 6) is 4.47. The van der Waals surface area contributed by atoms with Crippen LogP contribution in [0, 0.1) is 43.9 Å². The highest BCUT2D eigenvalue weighted by atomic mass is 16.5. The fourth-order valence-electron chi connectivity index (χ4n) is 4.21. The van der Waals surface area contributed by atoms with Crippen LogP contribution in [0.5, 0.6) is 0 Å². The summed E-state index contributed by atoms with van der Waals surface area (Å²) in [7, 11) is 1.57. The number of ketones is 3. The first-order valence-electron chi connectivity index (χ1n) is 9.70. The van der Waals surface area contributed by atoms with Crippen molar-refractivity contribution < 1.29 is 19.1 Å². The first kappa shape index (κ1) is 22.0. The van der Waals surface area contributed by atoms with Crippen LogP contribution in [-0.4, -0.2) is 31.1 Å². The molecule has 0 bridgehead atoms. The molecule has 0 saturated heterocycles. The van der Waals surface area contributed by atoms with Crippen molar-refractivity contribution in [2.24, 2.45) is 11.3 Å². The highest BCUT2D eigenvalue weighted by Crippen LogP contribution is 2.38. The number of ether oxygens (including phenoxy) is 1. The van der Waals surface area contributed by atoms with Crippen LogP contribution in [0.25, 0.3) is 0 Å². The first-order chi connectivity index (χ1) is 13.1. The van der Waals surface area contributed by atoms with Crippen LogP contribution in [0.2, 0.25) is 0 Å². The number of carbonyl (C=O) groups excluding carboxylic acids is 3. The predicted octanol–water partition coefficient (Wildman–Crippen LogP) is 3.88. The molecule has 150 valence electrons. The van der Waals surface area contributed by atoms with E-state index in [0.717, 1.165) is 22.3 Å². The van der Waals surface area contributed by atoms with Gasteiger partial charge in [-0.05, 0) is 51.3 Å². The summed E-state index contributed by atoms with van der Waals surface area (Å²) >= 11 is 0. The quantitative estimate of drug-likeness (QED) is 0.553. The van der Waals surface area contributed by atoms with Gasteiger partial charge in [0.2, 0.25) is 0 Å². The average Bonchev–Trinajstić information content (AvgIpc) is 2.81. The zero-order chi connectivity index (χ0) is 21.1. The molecule has 2 rings (SSSR count). The van der Waals surface area contributed by atoms with Gasteiger partial charge in [0.15, 0.2) is 5.78 Å². The lowest BCUT2D eigenvalue weighted by Crippen LogP contribution is -2.21. The summed E-state index contributed by atoms with van der Waals surface area (Å²) in [5, 5.41) is 0. The Labute approximate surface area is 168 Å². The Morgan fingerprint density at radius 2 is 1.79 bits per heavy atom. The molecule has 0 aliphatic heterocycles. The first-order valence-corrected chi connectivity index (χ1v) is 9.70. The van der Waals surface area contributed by atoms with Crippen molar-refractivity contribution in [1.29, 1.82) is 0 Å². The summed E-state index contributed by atoms with van der Waals surface area (Å²) in [6, 6.07) is 4.01. The minimum Gasteiger partial charge on any atom is -0.372 e. The van der Waals surface area contributed by atoms with Crippen LogP contribution in [0.3, 0.4) is 0 Å². The number of benzene rings is 1. The minimum absolute atomic E-state index is 0.0270. The van der Waals surface area contributed by atoms with E-state index in [1.165, 1.54) is 0 Å². The van der Waals surface area contributed by atoms with Crippen molar-refractivity contribution in [2.75, 3.05) is 13.7 Å². The third-order valence-corrected chi connectivity index (χ3v) is 5.24. The SMILES string of the molecule is COCC#CC(C)(C)CC(=O)CC1CC(=O)C(c2c(C)cc(C)cc2C)C1=O. The second kappa shape index (κ2) is 8.84. The molecule has 0 radical (unpaired) electrons. The summed E-state index contributed by atoms with van der Waals surface area (Å²) in [5.41, 5.74) is 3.38. The maximum absolute atomic E-state index is 13.0. The maximum atomic E-state index is 13.0. The monoisotopic (exact) mass is 382 g/mol. The lowest BCUT2D eigenvalue weighted by molar-refractivity contribution is -0.128. The Hall–Kier alpha value is -2.25. The van der Waals surface area contributed by atoms with E-state index >= 15 is 0 Å². The van der Waals surface area contributed by atoms with E-state index in [0.29, 0.717) is 6.61 Å². The Morgan fingerprint density at radius 3 is 2.36 bits per heavy atom. The zero-order valence-electron chi connectivity index (χ0n) is 17.8. The van der Waals surface area contributed by atoms with Gasteiger partial charge in [-0.25, -0.2) is 0 Å². The van der Waals surface area contributed by atoms with Crippen molar-refractivity contribution in [3.05, 3.63) is 34.4 Å². The summed E-state index contributed by atoms with van der Waals surface area (Å²) in [6.45, 7) is 10.0. The topological polar surface area (TPSA) is 60.4 Å². The Bertz CT molecular complexity index is 828. The predicted molar refractivity (Wildman–Crippen MR) is 109 cm³/mol. The maximum Gasteiger partial charge on any atom is 0.151 e. The molecule has 4 heteroatoms. The number of methoxy groups -OCH3 is 1. The van der Waals surface area contributed by atoms with Gasteiger partial charge in [0.05, 0.1) is 0 Å². The number of hydrogen-bond acceptors (Lipinski definition) is 4. The molecule has 1 saturated carbocycles. The van der Waals surface area contributed by atoms with E-state index in [-0.39, 0.29) is 36.6 Å². The number of carbonyl (C=O) groups is 3. The van der Waals surface area contributed by atoms with E-state index in [9.17, 15) is 14.4 Å². The average molecular weight is 383 g/mol. The van der Waals surface area contributed by atoms with Gasteiger partial charge in [0.25, 0.3) is 0 Å². The molecular weight excluding hydrogens is 352 g/mol. The van der Waals surface area contributed by atoms with Gasteiger partial charge in [-0.2, -0.15) is 0 Å². The van der Waals surface area contributed by atoms with E-state index in [1.807, 2.05) is 46.8 Å². The molecule has 1 aliphatic rings. The van der Waals surface area contributed by atoms with Gasteiger partial charge in [-0.3, -0.25) is 14.4 Å². The molecule has 0 heterocycles. The van der Waals surface area contributed by atoms with E-state index in [2.05, 4.69) is 11.8 Å². The molecular formula is C24H30O4. The largest absolute Gasteiger partial charge is 0.372 e. The number of aryl methyl sites for hydroxylation is 3. The molecule has 28 heavy (non-hydrogen) atoms. The molecule has 1 fully saturated rings. The van der Waals surface area contributed by atoms with Crippen molar-refractivity contribution >= 4 is 17.3 Å². The molecule has 1 aromatic carbocycles. The summed E-state index contributed by atoms with van der Waals surface area (Å²) < 4.78 is 4.92. The van der Waals surface area contributed by atoms with Gasteiger partial charge in [-0.1, -0.05) is 29.5 Å².